The Labute approximate surface area is 154 Å². The van der Waals surface area contributed by atoms with Crippen LogP contribution in [0.3, 0.4) is 0 Å². The molecule has 25 heavy (non-hydrogen) atoms. The molecule has 5 nitrogen and oxygen atoms in total. The highest BCUT2D eigenvalue weighted by Gasteiger charge is 2.17. The number of fused-ring (bicyclic) bond motifs is 1. The van der Waals surface area contributed by atoms with Crippen molar-refractivity contribution in [3.63, 3.8) is 0 Å². The summed E-state index contributed by atoms with van der Waals surface area (Å²) in [5.41, 5.74) is 0.649. The maximum Gasteiger partial charge on any atom is 0.267 e. The van der Waals surface area contributed by atoms with Gasteiger partial charge in [-0.3, -0.25) is 4.79 Å². The Kier molecular flexibility index (Phi) is 4.57. The van der Waals surface area contributed by atoms with Crippen molar-refractivity contribution in [2.45, 2.75) is 0 Å². The third-order valence-corrected chi connectivity index (χ3v) is 5.76. The summed E-state index contributed by atoms with van der Waals surface area (Å²) < 4.78 is 6.34. The van der Waals surface area contributed by atoms with Gasteiger partial charge in [0.05, 0.1) is 30.1 Å². The average Bonchev–Trinajstić information content (AvgIpc) is 3.00. The first-order valence-electron chi connectivity index (χ1n) is 7.99. The summed E-state index contributed by atoms with van der Waals surface area (Å²) in [6.07, 6.45) is 1.67. The number of halogens is 1. The minimum absolute atomic E-state index is 0.216. The van der Waals surface area contributed by atoms with Crippen molar-refractivity contribution >= 4 is 50.4 Å². The fourth-order valence-corrected chi connectivity index (χ4v) is 4.20. The maximum absolute atomic E-state index is 12.6. The number of nitrogens with one attached hydrogen (secondary N) is 1. The first kappa shape index (κ1) is 16.3. The second-order valence-corrected chi connectivity index (χ2v) is 7.13. The molecule has 0 aliphatic carbocycles. The number of pyridine rings is 1. The normalized spacial score (nSPS) is 14.7. The molecule has 7 heteroatoms. The SMILES string of the molecule is O=C(Nc1ccc(N2CCOCC2)nc1)c1sc2ccccc2c1Cl. The van der Waals surface area contributed by atoms with Crippen molar-refractivity contribution in [3.8, 4) is 0 Å². The fourth-order valence-electron chi connectivity index (χ4n) is 2.79. The van der Waals surface area contributed by atoms with Crippen LogP contribution in [0.5, 0.6) is 0 Å². The predicted molar refractivity (Wildman–Crippen MR) is 102 cm³/mol. The molecular weight excluding hydrogens is 358 g/mol. The monoisotopic (exact) mass is 373 g/mol. The summed E-state index contributed by atoms with van der Waals surface area (Å²) >= 11 is 7.75. The smallest absolute Gasteiger partial charge is 0.267 e. The van der Waals surface area contributed by atoms with E-state index in [1.54, 1.807) is 6.20 Å². The number of amides is 1. The van der Waals surface area contributed by atoms with Gasteiger partial charge in [-0.2, -0.15) is 0 Å². The Morgan fingerprint density at radius 1 is 1.20 bits per heavy atom. The average molecular weight is 374 g/mol. The summed E-state index contributed by atoms with van der Waals surface area (Å²) in [5, 5.41) is 4.27. The van der Waals surface area contributed by atoms with Gasteiger partial charge in [0, 0.05) is 23.2 Å². The van der Waals surface area contributed by atoms with E-state index < -0.39 is 0 Å². The molecule has 1 aliphatic rings. The zero-order chi connectivity index (χ0) is 17.2. The molecule has 3 heterocycles. The number of ether oxygens (including phenoxy) is 1. The number of aromatic nitrogens is 1. The molecule has 0 atom stereocenters. The standard InChI is InChI=1S/C18H16ClN3O2S/c19-16-13-3-1-2-4-14(13)25-17(16)18(23)21-12-5-6-15(20-11-12)22-7-9-24-10-8-22/h1-6,11H,7-10H2,(H,21,23). The first-order valence-corrected chi connectivity index (χ1v) is 9.19. The molecule has 0 unspecified atom stereocenters. The minimum Gasteiger partial charge on any atom is -0.378 e. The molecule has 0 spiro atoms. The van der Waals surface area contributed by atoms with Crippen molar-refractivity contribution < 1.29 is 9.53 Å². The van der Waals surface area contributed by atoms with E-state index in [0.29, 0.717) is 28.8 Å². The van der Waals surface area contributed by atoms with E-state index in [1.165, 1.54) is 11.3 Å². The summed E-state index contributed by atoms with van der Waals surface area (Å²) in [7, 11) is 0. The lowest BCUT2D eigenvalue weighted by Gasteiger charge is -2.27. The Morgan fingerprint density at radius 3 is 2.72 bits per heavy atom. The van der Waals surface area contributed by atoms with Crippen molar-refractivity contribution in [1.29, 1.82) is 0 Å². The van der Waals surface area contributed by atoms with Crippen LogP contribution in [0.15, 0.2) is 42.6 Å². The van der Waals surface area contributed by atoms with Crippen molar-refractivity contribution in [3.05, 3.63) is 52.5 Å². The van der Waals surface area contributed by atoms with Crippen LogP contribution in [0.1, 0.15) is 9.67 Å². The number of rotatable bonds is 3. The lowest BCUT2D eigenvalue weighted by Crippen LogP contribution is -2.36. The molecule has 3 aromatic rings. The number of benzene rings is 1. The second-order valence-electron chi connectivity index (χ2n) is 5.70. The van der Waals surface area contributed by atoms with E-state index in [9.17, 15) is 4.79 Å². The van der Waals surface area contributed by atoms with E-state index in [2.05, 4.69) is 15.2 Å². The van der Waals surface area contributed by atoms with Gasteiger partial charge in [-0.1, -0.05) is 29.8 Å². The van der Waals surface area contributed by atoms with Gasteiger partial charge in [-0.25, -0.2) is 4.98 Å². The highest BCUT2D eigenvalue weighted by molar-refractivity contribution is 7.21. The number of hydrogen-bond donors (Lipinski definition) is 1. The van der Waals surface area contributed by atoms with E-state index in [1.807, 2.05) is 36.4 Å². The second kappa shape index (κ2) is 7.00. The summed E-state index contributed by atoms with van der Waals surface area (Å²) in [4.78, 5) is 19.7. The maximum atomic E-state index is 12.6. The molecule has 1 aromatic carbocycles. The van der Waals surface area contributed by atoms with Gasteiger partial charge in [0.1, 0.15) is 10.7 Å². The predicted octanol–water partition coefficient (Wildman–Crippen LogP) is 4.04. The third kappa shape index (κ3) is 3.33. The van der Waals surface area contributed by atoms with Crippen molar-refractivity contribution in [2.24, 2.45) is 0 Å². The van der Waals surface area contributed by atoms with Gasteiger partial charge in [0.15, 0.2) is 0 Å². The molecule has 0 bridgehead atoms. The van der Waals surface area contributed by atoms with Crippen molar-refractivity contribution in [1.82, 2.24) is 4.98 Å². The van der Waals surface area contributed by atoms with E-state index in [4.69, 9.17) is 16.3 Å². The van der Waals surface area contributed by atoms with Crippen molar-refractivity contribution in [2.75, 3.05) is 36.5 Å². The molecule has 0 radical (unpaired) electrons. The lowest BCUT2D eigenvalue weighted by molar-refractivity contribution is 0.103. The highest BCUT2D eigenvalue weighted by atomic mass is 35.5. The molecule has 1 fully saturated rings. The van der Waals surface area contributed by atoms with Gasteiger partial charge in [0.2, 0.25) is 0 Å². The van der Waals surface area contributed by atoms with Gasteiger partial charge >= 0.3 is 0 Å². The van der Waals surface area contributed by atoms with E-state index >= 15 is 0 Å². The Hall–Kier alpha value is -2.15. The number of nitrogens with zero attached hydrogens (tertiary/aromatic N) is 2. The molecule has 1 saturated heterocycles. The van der Waals surface area contributed by atoms with Crippen LogP contribution in [0.25, 0.3) is 10.1 Å². The third-order valence-electron chi connectivity index (χ3n) is 4.08. The Balaban J connectivity index is 1.51. The molecule has 128 valence electrons. The van der Waals surface area contributed by atoms with E-state index in [0.717, 1.165) is 29.0 Å². The first-order chi connectivity index (χ1) is 12.2. The number of morpholine rings is 1. The van der Waals surface area contributed by atoms with Crippen LogP contribution < -0.4 is 10.2 Å². The van der Waals surface area contributed by atoms with Crippen LogP contribution in [0, 0.1) is 0 Å². The zero-order valence-corrected chi connectivity index (χ0v) is 14.9. The molecule has 1 aliphatic heterocycles. The molecule has 2 aromatic heterocycles. The Morgan fingerprint density at radius 2 is 2.00 bits per heavy atom. The largest absolute Gasteiger partial charge is 0.378 e. The number of anilines is 2. The van der Waals surface area contributed by atoms with Gasteiger partial charge in [0.25, 0.3) is 5.91 Å². The summed E-state index contributed by atoms with van der Waals surface area (Å²) in [6.45, 7) is 3.08. The zero-order valence-electron chi connectivity index (χ0n) is 13.4. The van der Waals surface area contributed by atoms with Crippen LogP contribution in [0.2, 0.25) is 5.02 Å². The van der Waals surface area contributed by atoms with E-state index in [-0.39, 0.29) is 5.91 Å². The summed E-state index contributed by atoms with van der Waals surface area (Å²) in [6, 6.07) is 11.5. The highest BCUT2D eigenvalue weighted by Crippen LogP contribution is 2.35. The lowest BCUT2D eigenvalue weighted by atomic mass is 10.2. The van der Waals surface area contributed by atoms with Crippen LogP contribution >= 0.6 is 22.9 Å². The van der Waals surface area contributed by atoms with Crippen LogP contribution in [0.4, 0.5) is 11.5 Å². The summed E-state index contributed by atoms with van der Waals surface area (Å²) in [5.74, 6) is 0.674. The van der Waals surface area contributed by atoms with Crippen LogP contribution in [-0.4, -0.2) is 37.2 Å². The Bertz CT molecular complexity index is 904. The molecule has 1 N–H and O–H groups in total. The number of hydrogen-bond acceptors (Lipinski definition) is 5. The molecule has 4 rings (SSSR count). The number of thiophene rings is 1. The molecule has 0 saturated carbocycles. The minimum atomic E-state index is -0.216. The van der Waals surface area contributed by atoms with Gasteiger partial charge in [-0.15, -0.1) is 11.3 Å². The van der Waals surface area contributed by atoms with Crippen LogP contribution in [-0.2, 0) is 4.74 Å². The van der Waals surface area contributed by atoms with Gasteiger partial charge < -0.3 is 15.0 Å². The molecular formula is C18H16ClN3O2S. The quantitative estimate of drug-likeness (QED) is 0.752. The van der Waals surface area contributed by atoms with Gasteiger partial charge in [-0.05, 0) is 18.2 Å². The topological polar surface area (TPSA) is 54.5 Å². The number of carbonyl (C=O) groups is 1. The molecule has 1 amide bonds. The fraction of sp³-hybridized carbons (Fsp3) is 0.222. The number of carbonyl (C=O) groups excluding carboxylic acids is 1.